The molecule has 0 bridgehead atoms. The van der Waals surface area contributed by atoms with Crippen molar-refractivity contribution in [2.24, 2.45) is 5.92 Å². The van der Waals surface area contributed by atoms with Crippen LogP contribution in [0.1, 0.15) is 19.1 Å². The summed E-state index contributed by atoms with van der Waals surface area (Å²) >= 11 is 6.60. The van der Waals surface area contributed by atoms with Gasteiger partial charge < -0.3 is 14.2 Å². The molecule has 33 heavy (non-hydrogen) atoms. The van der Waals surface area contributed by atoms with Crippen molar-refractivity contribution < 1.29 is 30.8 Å². The molecule has 7 nitrogen and oxygen atoms in total. The maximum atomic E-state index is 13.9. The Balaban J connectivity index is 1.70. The smallest absolute Gasteiger partial charge is 0.418 e. The molecule has 1 N–H and O–H groups in total. The highest BCUT2D eigenvalue weighted by atomic mass is 35.5. The van der Waals surface area contributed by atoms with Crippen LogP contribution in [0.4, 0.5) is 13.2 Å². The number of rotatable bonds is 4. The van der Waals surface area contributed by atoms with Crippen LogP contribution in [-0.2, 0) is 14.8 Å². The largest absolute Gasteiger partial charge is 0.464 e. The number of hydrogen-bond donors (Lipinski definition) is 1. The lowest BCUT2D eigenvalue weighted by Crippen LogP contribution is -2.61. The van der Waals surface area contributed by atoms with Crippen molar-refractivity contribution in [3.63, 3.8) is 0 Å². The zero-order valence-corrected chi connectivity index (χ0v) is 19.3. The van der Waals surface area contributed by atoms with Crippen molar-refractivity contribution in [1.29, 1.82) is 0 Å². The number of carbonyl (C=O) groups excluding carboxylic acids is 1. The standard InChI is InChI=1S/C21H21ClF3N3O4S/c1-12-5-6-16-15(21(23,24)25)8-13(17-4-3-7-32-17)9-28(16)19(22)18(12)20(29)27-10-14(11-27)26-33(2,30)31/h3-4,6-9,12,14,26H,5,10-11H2,1-2H3. The third-order valence-electron chi connectivity index (χ3n) is 5.59. The molecule has 1 aromatic rings. The predicted molar refractivity (Wildman–Crippen MR) is 116 cm³/mol. The Morgan fingerprint density at radius 1 is 1.30 bits per heavy atom. The molecule has 3 aliphatic heterocycles. The van der Waals surface area contributed by atoms with Gasteiger partial charge in [0.15, 0.2) is 0 Å². The molecular formula is C21H21ClF3N3O4S. The van der Waals surface area contributed by atoms with Crippen molar-refractivity contribution in [2.75, 3.05) is 19.3 Å². The van der Waals surface area contributed by atoms with Crippen LogP contribution in [0, 0.1) is 5.92 Å². The van der Waals surface area contributed by atoms with Crippen LogP contribution >= 0.6 is 11.6 Å². The highest BCUT2D eigenvalue weighted by Crippen LogP contribution is 2.44. The molecule has 3 aliphatic rings. The molecule has 0 aliphatic carbocycles. The monoisotopic (exact) mass is 503 g/mol. The lowest BCUT2D eigenvalue weighted by molar-refractivity contribution is -0.132. The summed E-state index contributed by atoms with van der Waals surface area (Å²) in [5, 5.41) is -0.130. The molecule has 1 unspecified atom stereocenters. The summed E-state index contributed by atoms with van der Waals surface area (Å²) in [5.74, 6) is -0.674. The molecule has 12 heteroatoms. The minimum absolute atomic E-state index is 0.130. The third-order valence-corrected chi connectivity index (χ3v) is 6.73. The van der Waals surface area contributed by atoms with E-state index in [1.807, 2.05) is 0 Å². The number of amides is 1. The SMILES string of the molecule is CC1CC=C2C(C(F)(F)F)=CC(c3ccco3)=CN2C(Cl)=C1C(=O)N1CC(NS(C)(=O)=O)C1. The average Bonchev–Trinajstić information content (AvgIpc) is 3.17. The molecular weight excluding hydrogens is 483 g/mol. The van der Waals surface area contributed by atoms with Gasteiger partial charge >= 0.3 is 6.18 Å². The van der Waals surface area contributed by atoms with Crippen LogP contribution in [0.15, 0.2) is 63.2 Å². The second-order valence-electron chi connectivity index (χ2n) is 8.22. The number of furan rings is 1. The second-order valence-corrected chi connectivity index (χ2v) is 10.4. The van der Waals surface area contributed by atoms with Crippen LogP contribution in [0.25, 0.3) is 5.57 Å². The molecule has 1 amide bonds. The van der Waals surface area contributed by atoms with E-state index in [0.717, 1.165) is 12.3 Å². The zero-order valence-electron chi connectivity index (χ0n) is 17.7. The Morgan fingerprint density at radius 3 is 2.58 bits per heavy atom. The Labute approximate surface area is 193 Å². The van der Waals surface area contributed by atoms with Crippen LogP contribution in [-0.4, -0.2) is 55.7 Å². The van der Waals surface area contributed by atoms with Crippen LogP contribution in [0.5, 0.6) is 0 Å². The summed E-state index contributed by atoms with van der Waals surface area (Å²) in [6, 6.07) is 2.67. The Kier molecular flexibility index (Phi) is 6.00. The molecule has 0 saturated carbocycles. The Bertz CT molecular complexity index is 1190. The quantitative estimate of drug-likeness (QED) is 0.635. The first-order valence-electron chi connectivity index (χ1n) is 10.1. The molecule has 1 atom stereocenters. The van der Waals surface area contributed by atoms with Gasteiger partial charge in [0, 0.05) is 24.9 Å². The van der Waals surface area contributed by atoms with E-state index in [9.17, 15) is 26.4 Å². The first-order chi connectivity index (χ1) is 15.3. The van der Waals surface area contributed by atoms with E-state index in [1.165, 1.54) is 34.4 Å². The maximum Gasteiger partial charge on any atom is 0.418 e. The molecule has 4 heterocycles. The highest BCUT2D eigenvalue weighted by Gasteiger charge is 2.43. The molecule has 1 saturated heterocycles. The molecule has 0 spiro atoms. The van der Waals surface area contributed by atoms with Crippen LogP contribution in [0.3, 0.4) is 0 Å². The summed E-state index contributed by atoms with van der Waals surface area (Å²) < 4.78 is 72.3. The summed E-state index contributed by atoms with van der Waals surface area (Å²) in [5.41, 5.74) is -0.723. The molecule has 178 valence electrons. The van der Waals surface area contributed by atoms with E-state index in [2.05, 4.69) is 4.72 Å². The summed E-state index contributed by atoms with van der Waals surface area (Å²) in [6.07, 6.45) is 1.73. The van der Waals surface area contributed by atoms with Gasteiger partial charge in [-0.1, -0.05) is 24.6 Å². The lowest BCUT2D eigenvalue weighted by atomic mass is 9.95. The van der Waals surface area contributed by atoms with E-state index in [-0.39, 0.29) is 47.3 Å². The number of carbonyl (C=O) groups is 1. The summed E-state index contributed by atoms with van der Waals surface area (Å²) in [6.45, 7) is 2.01. The van der Waals surface area contributed by atoms with Crippen LogP contribution in [0.2, 0.25) is 0 Å². The second kappa shape index (κ2) is 8.37. The number of alkyl halides is 3. The van der Waals surface area contributed by atoms with E-state index in [1.54, 1.807) is 13.0 Å². The van der Waals surface area contributed by atoms with Gasteiger partial charge in [-0.25, -0.2) is 13.1 Å². The van der Waals surface area contributed by atoms with Gasteiger partial charge in [0.1, 0.15) is 10.9 Å². The van der Waals surface area contributed by atoms with Crippen molar-refractivity contribution in [3.8, 4) is 0 Å². The topological polar surface area (TPSA) is 82.9 Å². The number of fused-ring (bicyclic) bond motifs is 1. The minimum atomic E-state index is -4.66. The molecule has 4 rings (SSSR count). The Morgan fingerprint density at radius 2 is 2.00 bits per heavy atom. The normalized spacial score (nSPS) is 22.2. The number of allylic oxidation sites excluding steroid dienone is 4. The first-order valence-corrected chi connectivity index (χ1v) is 12.3. The van der Waals surface area contributed by atoms with Gasteiger partial charge in [-0.2, -0.15) is 13.2 Å². The fraction of sp³-hybridized carbons (Fsp3) is 0.381. The average molecular weight is 504 g/mol. The number of sulfonamides is 1. The van der Waals surface area contributed by atoms with Gasteiger partial charge in [-0.15, -0.1) is 0 Å². The first kappa shape index (κ1) is 23.7. The van der Waals surface area contributed by atoms with Crippen molar-refractivity contribution in [2.45, 2.75) is 25.6 Å². The predicted octanol–water partition coefficient (Wildman–Crippen LogP) is 3.56. The van der Waals surface area contributed by atoms with E-state index in [4.69, 9.17) is 16.0 Å². The summed E-state index contributed by atoms with van der Waals surface area (Å²) in [4.78, 5) is 15.8. The molecule has 1 fully saturated rings. The van der Waals surface area contributed by atoms with Crippen LogP contribution < -0.4 is 4.72 Å². The van der Waals surface area contributed by atoms with E-state index in [0.29, 0.717) is 0 Å². The van der Waals surface area contributed by atoms with E-state index >= 15 is 0 Å². The number of nitrogens with zero attached hydrogens (tertiary/aromatic N) is 2. The number of nitrogens with one attached hydrogen (secondary N) is 1. The Hall–Kier alpha value is -2.50. The molecule has 0 aromatic carbocycles. The maximum absolute atomic E-state index is 13.9. The minimum Gasteiger partial charge on any atom is -0.464 e. The van der Waals surface area contributed by atoms with E-state index < -0.39 is 39.6 Å². The third kappa shape index (κ3) is 4.75. The number of halogens is 4. The fourth-order valence-electron chi connectivity index (χ4n) is 4.01. The van der Waals surface area contributed by atoms with Gasteiger partial charge in [-0.05, 0) is 30.5 Å². The molecule has 1 aromatic heterocycles. The fourth-order valence-corrected chi connectivity index (χ4v) is 5.17. The molecule has 0 radical (unpaired) electrons. The summed E-state index contributed by atoms with van der Waals surface area (Å²) in [7, 11) is -3.42. The lowest BCUT2D eigenvalue weighted by Gasteiger charge is -2.40. The van der Waals surface area contributed by atoms with Crippen molar-refractivity contribution >= 4 is 33.1 Å². The van der Waals surface area contributed by atoms with Gasteiger partial charge in [-0.3, -0.25) is 4.79 Å². The van der Waals surface area contributed by atoms with Gasteiger partial charge in [0.05, 0.1) is 35.4 Å². The van der Waals surface area contributed by atoms with Crippen molar-refractivity contribution in [3.05, 3.63) is 64.5 Å². The zero-order chi connectivity index (χ0) is 24.1. The van der Waals surface area contributed by atoms with Gasteiger partial charge in [0.2, 0.25) is 10.0 Å². The highest BCUT2D eigenvalue weighted by molar-refractivity contribution is 7.88. The number of likely N-dealkylation sites (tertiary alicyclic amines) is 1. The number of hydrogen-bond acceptors (Lipinski definition) is 5. The van der Waals surface area contributed by atoms with Crippen molar-refractivity contribution in [1.82, 2.24) is 14.5 Å². The van der Waals surface area contributed by atoms with Gasteiger partial charge in [0.25, 0.3) is 5.91 Å².